The number of aromatic nitrogens is 1. The number of amides is 1. The molecule has 0 fully saturated rings. The van der Waals surface area contributed by atoms with E-state index in [9.17, 15) is 22.8 Å². The summed E-state index contributed by atoms with van der Waals surface area (Å²) in [5.41, 5.74) is 3.09. The van der Waals surface area contributed by atoms with Crippen LogP contribution in [-0.2, 0) is 15.7 Å². The lowest BCUT2D eigenvalue weighted by Crippen LogP contribution is -2.33. The van der Waals surface area contributed by atoms with E-state index in [1.165, 1.54) is 11.8 Å². The lowest BCUT2D eigenvalue weighted by molar-refractivity contribution is -0.141. The SMILES string of the molecule is CCOC(=O)c1ccc(C(F)(F)F)nc1NNC(=O)CSC(C)C. The van der Waals surface area contributed by atoms with E-state index in [4.69, 9.17) is 4.74 Å². The first-order valence-corrected chi connectivity index (χ1v) is 8.11. The van der Waals surface area contributed by atoms with Gasteiger partial charge in [0.25, 0.3) is 0 Å². The predicted molar refractivity (Wildman–Crippen MR) is 84.6 cm³/mol. The lowest BCUT2D eigenvalue weighted by Gasteiger charge is -2.14. The molecule has 6 nitrogen and oxygen atoms in total. The maximum Gasteiger partial charge on any atom is 0.433 e. The average Bonchev–Trinajstić information content (AvgIpc) is 2.49. The first-order chi connectivity index (χ1) is 11.1. The second-order valence-corrected chi connectivity index (χ2v) is 6.41. The van der Waals surface area contributed by atoms with Gasteiger partial charge in [-0.3, -0.25) is 15.6 Å². The minimum Gasteiger partial charge on any atom is -0.462 e. The third-order valence-corrected chi connectivity index (χ3v) is 3.64. The number of nitrogens with one attached hydrogen (secondary N) is 2. The van der Waals surface area contributed by atoms with Gasteiger partial charge in [0.15, 0.2) is 5.82 Å². The van der Waals surface area contributed by atoms with Crippen LogP contribution in [0.3, 0.4) is 0 Å². The van der Waals surface area contributed by atoms with Crippen molar-refractivity contribution in [2.24, 2.45) is 0 Å². The first-order valence-electron chi connectivity index (χ1n) is 7.07. The monoisotopic (exact) mass is 365 g/mol. The Labute approximate surface area is 141 Å². The van der Waals surface area contributed by atoms with Crippen molar-refractivity contribution in [2.75, 3.05) is 17.8 Å². The van der Waals surface area contributed by atoms with Crippen LogP contribution in [0.25, 0.3) is 0 Å². The number of thioether (sulfide) groups is 1. The molecule has 24 heavy (non-hydrogen) atoms. The highest BCUT2D eigenvalue weighted by molar-refractivity contribution is 8.00. The molecular weight excluding hydrogens is 347 g/mol. The summed E-state index contributed by atoms with van der Waals surface area (Å²) in [6, 6.07) is 1.62. The van der Waals surface area contributed by atoms with E-state index in [1.807, 2.05) is 13.8 Å². The van der Waals surface area contributed by atoms with Gasteiger partial charge in [0, 0.05) is 0 Å². The highest BCUT2D eigenvalue weighted by Gasteiger charge is 2.33. The summed E-state index contributed by atoms with van der Waals surface area (Å²) in [4.78, 5) is 26.8. The normalized spacial score (nSPS) is 11.3. The van der Waals surface area contributed by atoms with Gasteiger partial charge in [-0.25, -0.2) is 9.78 Å². The van der Waals surface area contributed by atoms with Gasteiger partial charge in [0.05, 0.1) is 12.4 Å². The van der Waals surface area contributed by atoms with Crippen molar-refractivity contribution < 1.29 is 27.5 Å². The van der Waals surface area contributed by atoms with Crippen molar-refractivity contribution in [3.05, 3.63) is 23.4 Å². The molecule has 1 heterocycles. The summed E-state index contributed by atoms with van der Waals surface area (Å²) in [6.07, 6.45) is -4.68. The fourth-order valence-electron chi connectivity index (χ4n) is 1.49. The summed E-state index contributed by atoms with van der Waals surface area (Å²) in [6.45, 7) is 5.42. The summed E-state index contributed by atoms with van der Waals surface area (Å²) in [7, 11) is 0. The van der Waals surface area contributed by atoms with Crippen molar-refractivity contribution in [1.29, 1.82) is 0 Å². The number of alkyl halides is 3. The summed E-state index contributed by atoms with van der Waals surface area (Å²) in [5, 5.41) is 0.220. The Kier molecular flexibility index (Phi) is 7.33. The van der Waals surface area contributed by atoms with Gasteiger partial charge in [-0.1, -0.05) is 13.8 Å². The largest absolute Gasteiger partial charge is 0.462 e. The number of pyridine rings is 1. The maximum absolute atomic E-state index is 12.8. The molecule has 0 unspecified atom stereocenters. The molecule has 0 radical (unpaired) electrons. The van der Waals surface area contributed by atoms with Crippen molar-refractivity contribution in [3.8, 4) is 0 Å². The number of hydrazine groups is 1. The molecule has 10 heteroatoms. The molecule has 0 saturated carbocycles. The van der Waals surface area contributed by atoms with E-state index in [1.54, 1.807) is 6.92 Å². The number of carbonyl (C=O) groups excluding carboxylic acids is 2. The Morgan fingerprint density at radius 3 is 2.54 bits per heavy atom. The molecular formula is C14H18F3N3O3S. The summed E-state index contributed by atoms with van der Waals surface area (Å²) >= 11 is 1.36. The zero-order chi connectivity index (χ0) is 18.3. The number of ether oxygens (including phenoxy) is 1. The van der Waals surface area contributed by atoms with Gasteiger partial charge in [0.2, 0.25) is 5.91 Å². The molecule has 0 spiro atoms. The molecule has 0 aromatic carbocycles. The number of carbonyl (C=O) groups is 2. The zero-order valence-electron chi connectivity index (χ0n) is 13.4. The van der Waals surface area contributed by atoms with Gasteiger partial charge < -0.3 is 4.74 Å². The van der Waals surface area contributed by atoms with Crippen LogP contribution >= 0.6 is 11.8 Å². The van der Waals surface area contributed by atoms with Crippen LogP contribution in [0.4, 0.5) is 19.0 Å². The molecule has 0 aliphatic carbocycles. The average molecular weight is 365 g/mol. The lowest BCUT2D eigenvalue weighted by atomic mass is 10.2. The van der Waals surface area contributed by atoms with E-state index in [0.717, 1.165) is 6.07 Å². The molecule has 1 rings (SSSR count). The number of halogens is 3. The molecule has 2 N–H and O–H groups in total. The fraction of sp³-hybridized carbons (Fsp3) is 0.500. The minimum absolute atomic E-state index is 0.0523. The van der Waals surface area contributed by atoms with Crippen molar-refractivity contribution in [3.63, 3.8) is 0 Å². The van der Waals surface area contributed by atoms with E-state index >= 15 is 0 Å². The topological polar surface area (TPSA) is 80.3 Å². The Morgan fingerprint density at radius 2 is 2.00 bits per heavy atom. The van der Waals surface area contributed by atoms with Crippen molar-refractivity contribution in [2.45, 2.75) is 32.2 Å². The van der Waals surface area contributed by atoms with Crippen LogP contribution in [-0.4, -0.2) is 34.5 Å². The smallest absolute Gasteiger partial charge is 0.433 e. The fourth-order valence-corrected chi connectivity index (χ4v) is 2.05. The van der Waals surface area contributed by atoms with E-state index in [0.29, 0.717) is 6.07 Å². The van der Waals surface area contributed by atoms with Crippen LogP contribution in [0.5, 0.6) is 0 Å². The molecule has 0 aliphatic rings. The Hall–Kier alpha value is -1.97. The standard InChI is InChI=1S/C14H18F3N3O3S/c1-4-23-13(22)9-5-6-10(14(15,16)17)18-12(9)20-19-11(21)7-24-8(2)3/h5-6,8H,4,7H2,1-3H3,(H,18,20)(H,19,21). The number of anilines is 1. The third-order valence-electron chi connectivity index (χ3n) is 2.55. The Balaban J connectivity index is 2.94. The van der Waals surface area contributed by atoms with Crippen LogP contribution in [0, 0.1) is 0 Å². The number of hydrogen-bond acceptors (Lipinski definition) is 6. The molecule has 0 bridgehead atoms. The van der Waals surface area contributed by atoms with E-state index in [2.05, 4.69) is 15.8 Å². The van der Waals surface area contributed by atoms with E-state index < -0.39 is 29.6 Å². The highest BCUT2D eigenvalue weighted by Crippen LogP contribution is 2.29. The summed E-state index contributed by atoms with van der Waals surface area (Å²) in [5.74, 6) is -1.61. The zero-order valence-corrected chi connectivity index (χ0v) is 14.2. The van der Waals surface area contributed by atoms with Gasteiger partial charge in [0.1, 0.15) is 11.3 Å². The molecule has 1 aromatic heterocycles. The van der Waals surface area contributed by atoms with Gasteiger partial charge in [-0.15, -0.1) is 11.8 Å². The second-order valence-electron chi connectivity index (χ2n) is 4.84. The number of nitrogens with zero attached hydrogens (tertiary/aromatic N) is 1. The number of rotatable bonds is 7. The van der Waals surface area contributed by atoms with Crippen molar-refractivity contribution >= 4 is 29.5 Å². The molecule has 0 atom stereocenters. The molecule has 0 aliphatic heterocycles. The van der Waals surface area contributed by atoms with Gasteiger partial charge >= 0.3 is 12.1 Å². The van der Waals surface area contributed by atoms with Crippen LogP contribution in [0.2, 0.25) is 0 Å². The van der Waals surface area contributed by atoms with Crippen LogP contribution in [0.15, 0.2) is 12.1 Å². The molecule has 134 valence electrons. The number of hydrogen-bond donors (Lipinski definition) is 2. The predicted octanol–water partition coefficient (Wildman–Crippen LogP) is 2.86. The Bertz CT molecular complexity index is 594. The van der Waals surface area contributed by atoms with Gasteiger partial charge in [-0.2, -0.15) is 13.2 Å². The highest BCUT2D eigenvalue weighted by atomic mass is 32.2. The first kappa shape index (κ1) is 20.1. The summed E-state index contributed by atoms with van der Waals surface area (Å²) < 4.78 is 43.0. The van der Waals surface area contributed by atoms with Crippen molar-refractivity contribution in [1.82, 2.24) is 10.4 Å². The number of esters is 1. The van der Waals surface area contributed by atoms with Gasteiger partial charge in [-0.05, 0) is 24.3 Å². The van der Waals surface area contributed by atoms with Crippen LogP contribution < -0.4 is 10.9 Å². The maximum atomic E-state index is 12.8. The molecule has 0 saturated heterocycles. The molecule has 1 amide bonds. The quantitative estimate of drug-likeness (QED) is 0.571. The second kappa shape index (κ2) is 8.76. The molecule has 1 aromatic rings. The third kappa shape index (κ3) is 6.26. The van der Waals surface area contributed by atoms with E-state index in [-0.39, 0.29) is 23.2 Å². The minimum atomic E-state index is -4.68. The van der Waals surface area contributed by atoms with Crippen LogP contribution in [0.1, 0.15) is 36.8 Å². The Morgan fingerprint density at radius 1 is 1.33 bits per heavy atom.